The molecule has 1 aromatic carbocycles. The molecule has 0 aliphatic rings. The van der Waals surface area contributed by atoms with E-state index in [4.69, 9.17) is 4.74 Å². The number of hydrogen-bond donors (Lipinski definition) is 1. The molecule has 17 heavy (non-hydrogen) atoms. The number of methoxy groups -OCH3 is 1. The van der Waals surface area contributed by atoms with E-state index in [2.05, 4.69) is 43.2 Å². The number of nitrogens with zero attached hydrogens (tertiary/aromatic N) is 1. The van der Waals surface area contributed by atoms with Crippen LogP contribution in [-0.2, 0) is 6.54 Å². The van der Waals surface area contributed by atoms with Crippen LogP contribution in [-0.4, -0.2) is 38.2 Å². The van der Waals surface area contributed by atoms with Crippen molar-refractivity contribution in [3.8, 4) is 5.75 Å². The summed E-state index contributed by atoms with van der Waals surface area (Å²) >= 11 is 0. The molecule has 3 nitrogen and oxygen atoms in total. The highest BCUT2D eigenvalue weighted by molar-refractivity contribution is 5.33. The Hall–Kier alpha value is -1.06. The number of likely N-dealkylation sites (N-methyl/N-ethyl adjacent to an activating group) is 2. The Morgan fingerprint density at radius 1 is 1.35 bits per heavy atom. The Balaban J connectivity index is 2.57. The minimum Gasteiger partial charge on any atom is -0.496 e. The first-order valence-electron chi connectivity index (χ1n) is 6.21. The number of hydrogen-bond acceptors (Lipinski definition) is 3. The zero-order valence-corrected chi connectivity index (χ0v) is 11.4. The van der Waals surface area contributed by atoms with Crippen LogP contribution in [0.4, 0.5) is 0 Å². The highest BCUT2D eigenvalue weighted by Crippen LogP contribution is 2.19. The molecule has 0 bridgehead atoms. The second-order valence-corrected chi connectivity index (χ2v) is 4.38. The van der Waals surface area contributed by atoms with E-state index in [-0.39, 0.29) is 0 Å². The first-order chi connectivity index (χ1) is 8.19. The Labute approximate surface area is 105 Å². The van der Waals surface area contributed by atoms with E-state index in [9.17, 15) is 0 Å². The van der Waals surface area contributed by atoms with Crippen LogP contribution < -0.4 is 10.1 Å². The third kappa shape index (κ3) is 4.36. The number of nitrogens with one attached hydrogen (secondary N) is 1. The van der Waals surface area contributed by atoms with Crippen LogP contribution >= 0.6 is 0 Å². The molecule has 0 saturated carbocycles. The van der Waals surface area contributed by atoms with Crippen LogP contribution in [0.3, 0.4) is 0 Å². The van der Waals surface area contributed by atoms with E-state index in [1.807, 2.05) is 12.1 Å². The molecule has 0 aliphatic carbocycles. The first-order valence-corrected chi connectivity index (χ1v) is 6.21. The maximum absolute atomic E-state index is 5.36. The molecule has 0 aliphatic heterocycles. The summed E-state index contributed by atoms with van der Waals surface area (Å²) in [6.07, 6.45) is 0. The lowest BCUT2D eigenvalue weighted by Crippen LogP contribution is -2.37. The van der Waals surface area contributed by atoms with Gasteiger partial charge in [0.15, 0.2) is 0 Å². The molecule has 96 valence electrons. The molecule has 1 unspecified atom stereocenters. The maximum Gasteiger partial charge on any atom is 0.123 e. The molecule has 0 radical (unpaired) electrons. The lowest BCUT2D eigenvalue weighted by molar-refractivity contribution is 0.240. The van der Waals surface area contributed by atoms with E-state index in [0.717, 1.165) is 25.4 Å². The fraction of sp³-hybridized carbons (Fsp3) is 0.571. The average Bonchev–Trinajstić information content (AvgIpc) is 2.36. The summed E-state index contributed by atoms with van der Waals surface area (Å²) in [5.74, 6) is 0.968. The minimum atomic E-state index is 0.514. The molecule has 1 rings (SSSR count). The smallest absolute Gasteiger partial charge is 0.123 e. The van der Waals surface area contributed by atoms with Crippen molar-refractivity contribution in [1.29, 1.82) is 0 Å². The molecule has 0 spiro atoms. The number of para-hydroxylation sites is 1. The third-order valence-corrected chi connectivity index (χ3v) is 3.05. The first kappa shape index (κ1) is 14.0. The van der Waals surface area contributed by atoms with Gasteiger partial charge in [0.2, 0.25) is 0 Å². The fourth-order valence-electron chi connectivity index (χ4n) is 1.77. The Morgan fingerprint density at radius 3 is 2.71 bits per heavy atom. The summed E-state index contributed by atoms with van der Waals surface area (Å²) in [4.78, 5) is 2.33. The summed E-state index contributed by atoms with van der Waals surface area (Å²) in [5, 5.41) is 3.37. The predicted octanol–water partition coefficient (Wildman–Crippen LogP) is 2.12. The van der Waals surface area contributed by atoms with Crippen LogP contribution in [0.2, 0.25) is 0 Å². The Kier molecular flexibility index (Phi) is 6.01. The summed E-state index contributed by atoms with van der Waals surface area (Å²) < 4.78 is 5.36. The molecule has 1 atom stereocenters. The second kappa shape index (κ2) is 7.30. The van der Waals surface area contributed by atoms with E-state index in [0.29, 0.717) is 6.04 Å². The molecule has 1 aromatic rings. The molecular weight excluding hydrogens is 212 g/mol. The van der Waals surface area contributed by atoms with Gasteiger partial charge in [-0.1, -0.05) is 25.1 Å². The molecule has 0 heterocycles. The van der Waals surface area contributed by atoms with Crippen LogP contribution in [0.25, 0.3) is 0 Å². The highest BCUT2D eigenvalue weighted by Gasteiger charge is 2.11. The SMILES string of the molecule is CCNCC(C)N(C)Cc1ccccc1OC. The average molecular weight is 236 g/mol. The fourth-order valence-corrected chi connectivity index (χ4v) is 1.77. The van der Waals surface area contributed by atoms with Crippen molar-refractivity contribution in [2.75, 3.05) is 27.2 Å². The molecule has 1 N–H and O–H groups in total. The van der Waals surface area contributed by atoms with Crippen molar-refractivity contribution < 1.29 is 4.74 Å². The molecule has 3 heteroatoms. The minimum absolute atomic E-state index is 0.514. The topological polar surface area (TPSA) is 24.5 Å². The summed E-state index contributed by atoms with van der Waals surface area (Å²) in [7, 11) is 3.87. The monoisotopic (exact) mass is 236 g/mol. The van der Waals surface area contributed by atoms with E-state index in [1.165, 1.54) is 5.56 Å². The molecule has 0 fully saturated rings. The van der Waals surface area contributed by atoms with Crippen LogP contribution in [0.15, 0.2) is 24.3 Å². The van der Waals surface area contributed by atoms with Gasteiger partial charge in [-0.15, -0.1) is 0 Å². The van der Waals surface area contributed by atoms with Gasteiger partial charge < -0.3 is 10.1 Å². The quantitative estimate of drug-likeness (QED) is 0.785. The van der Waals surface area contributed by atoms with E-state index >= 15 is 0 Å². The molecule has 0 aromatic heterocycles. The number of benzene rings is 1. The van der Waals surface area contributed by atoms with Crippen LogP contribution in [0.1, 0.15) is 19.4 Å². The van der Waals surface area contributed by atoms with Gasteiger partial charge in [-0.05, 0) is 26.6 Å². The second-order valence-electron chi connectivity index (χ2n) is 4.38. The van der Waals surface area contributed by atoms with Gasteiger partial charge in [-0.25, -0.2) is 0 Å². The largest absolute Gasteiger partial charge is 0.496 e. The van der Waals surface area contributed by atoms with Gasteiger partial charge in [0.1, 0.15) is 5.75 Å². The van der Waals surface area contributed by atoms with Crippen LogP contribution in [0, 0.1) is 0 Å². The zero-order valence-electron chi connectivity index (χ0n) is 11.4. The van der Waals surface area contributed by atoms with Crippen molar-refractivity contribution in [3.05, 3.63) is 29.8 Å². The zero-order chi connectivity index (χ0) is 12.7. The van der Waals surface area contributed by atoms with Gasteiger partial charge in [-0.2, -0.15) is 0 Å². The predicted molar refractivity (Wildman–Crippen MR) is 72.5 cm³/mol. The highest BCUT2D eigenvalue weighted by atomic mass is 16.5. The lowest BCUT2D eigenvalue weighted by Gasteiger charge is -2.25. The van der Waals surface area contributed by atoms with Crippen molar-refractivity contribution in [2.24, 2.45) is 0 Å². The summed E-state index contributed by atoms with van der Waals surface area (Å²) in [6, 6.07) is 8.71. The Bertz CT molecular complexity index is 328. The number of ether oxygens (including phenoxy) is 1. The van der Waals surface area contributed by atoms with Gasteiger partial charge in [0.25, 0.3) is 0 Å². The molecule has 0 amide bonds. The summed E-state index contributed by atoms with van der Waals surface area (Å²) in [6.45, 7) is 7.32. The van der Waals surface area contributed by atoms with Crippen molar-refractivity contribution in [2.45, 2.75) is 26.4 Å². The normalized spacial score (nSPS) is 12.8. The van der Waals surface area contributed by atoms with Crippen LogP contribution in [0.5, 0.6) is 5.75 Å². The van der Waals surface area contributed by atoms with Gasteiger partial charge in [0.05, 0.1) is 7.11 Å². The van der Waals surface area contributed by atoms with Gasteiger partial charge >= 0.3 is 0 Å². The van der Waals surface area contributed by atoms with Crippen molar-refractivity contribution >= 4 is 0 Å². The van der Waals surface area contributed by atoms with Gasteiger partial charge in [0, 0.05) is 24.7 Å². The lowest BCUT2D eigenvalue weighted by atomic mass is 10.1. The number of rotatable bonds is 7. The van der Waals surface area contributed by atoms with Gasteiger partial charge in [-0.3, -0.25) is 4.90 Å². The standard InChI is InChI=1S/C14H24N2O/c1-5-15-10-12(2)16(3)11-13-8-6-7-9-14(13)17-4/h6-9,12,15H,5,10-11H2,1-4H3. The van der Waals surface area contributed by atoms with Crippen molar-refractivity contribution in [1.82, 2.24) is 10.2 Å². The molecule has 0 saturated heterocycles. The molecular formula is C14H24N2O. The Morgan fingerprint density at radius 2 is 2.06 bits per heavy atom. The third-order valence-electron chi connectivity index (χ3n) is 3.05. The van der Waals surface area contributed by atoms with E-state index < -0.39 is 0 Å². The maximum atomic E-state index is 5.36. The summed E-state index contributed by atoms with van der Waals surface area (Å²) in [5.41, 5.74) is 1.24. The van der Waals surface area contributed by atoms with E-state index in [1.54, 1.807) is 7.11 Å². The van der Waals surface area contributed by atoms with Crippen molar-refractivity contribution in [3.63, 3.8) is 0 Å².